The molecule has 1 aromatic heterocycles. The Labute approximate surface area is 207 Å². The average Bonchev–Trinajstić information content (AvgIpc) is 3.24. The molecule has 2 heterocycles. The number of halogens is 2. The summed E-state index contributed by atoms with van der Waals surface area (Å²) in [5.74, 6) is -0.247. The third kappa shape index (κ3) is 4.30. The third-order valence-electron chi connectivity index (χ3n) is 5.78. The minimum atomic E-state index is -0.505. The Hall–Kier alpha value is -3.03. The summed E-state index contributed by atoms with van der Waals surface area (Å²) < 4.78 is 1.85. The molecular weight excluding hydrogens is 546 g/mol. The van der Waals surface area contributed by atoms with Crippen molar-refractivity contribution in [2.24, 2.45) is 5.10 Å². The molecule has 1 N–H and O–H groups in total. The van der Waals surface area contributed by atoms with E-state index in [4.69, 9.17) is 5.10 Å². The highest BCUT2D eigenvalue weighted by Crippen LogP contribution is 2.34. The van der Waals surface area contributed by atoms with Gasteiger partial charge in [0.2, 0.25) is 0 Å². The zero-order valence-corrected chi connectivity index (χ0v) is 20.9. The van der Waals surface area contributed by atoms with Crippen LogP contribution in [-0.2, 0) is 0 Å². The Kier molecular flexibility index (Phi) is 5.76. The zero-order chi connectivity index (χ0) is 23.1. The van der Waals surface area contributed by atoms with E-state index in [2.05, 4.69) is 36.8 Å². The van der Waals surface area contributed by atoms with Crippen molar-refractivity contribution in [1.29, 1.82) is 0 Å². The predicted octanol–water partition coefficient (Wildman–Crippen LogP) is 6.35. The highest BCUT2D eigenvalue weighted by molar-refractivity contribution is 9.10. The van der Waals surface area contributed by atoms with E-state index in [-0.39, 0.29) is 11.5 Å². The second-order valence-electron chi connectivity index (χ2n) is 8.07. The van der Waals surface area contributed by atoms with Gasteiger partial charge in [0.1, 0.15) is 0 Å². The van der Waals surface area contributed by atoms with Crippen LogP contribution in [-0.4, -0.2) is 21.6 Å². The van der Waals surface area contributed by atoms with Crippen molar-refractivity contribution in [3.8, 4) is 0 Å². The molecule has 3 aromatic carbocycles. The number of aromatic amines is 1. The molecule has 0 saturated carbocycles. The van der Waals surface area contributed by atoms with E-state index >= 15 is 0 Å². The molecule has 0 radical (unpaired) electrons. The number of fused-ring (bicyclic) bond motifs is 1. The Morgan fingerprint density at radius 2 is 1.64 bits per heavy atom. The molecule has 7 heteroatoms. The van der Waals surface area contributed by atoms with Crippen LogP contribution in [0, 0.1) is 6.92 Å². The Balaban J connectivity index is 1.60. The van der Waals surface area contributed by atoms with Gasteiger partial charge in [-0.2, -0.15) is 5.10 Å². The minimum absolute atomic E-state index is 0.209. The lowest BCUT2D eigenvalue weighted by molar-refractivity contribution is 0.0710. The van der Waals surface area contributed by atoms with Gasteiger partial charge in [-0.3, -0.25) is 9.59 Å². The molecular formula is C26H19Br2N3O2. The van der Waals surface area contributed by atoms with Crippen LogP contribution in [0.25, 0.3) is 10.9 Å². The second kappa shape index (κ2) is 8.72. The van der Waals surface area contributed by atoms with Crippen molar-refractivity contribution >= 4 is 54.4 Å². The topological polar surface area (TPSA) is 65.5 Å². The number of amides is 1. The van der Waals surface area contributed by atoms with Crippen LogP contribution >= 0.6 is 31.9 Å². The summed E-state index contributed by atoms with van der Waals surface area (Å²) in [6, 6.07) is 22.3. The number of hydrogen-bond acceptors (Lipinski definition) is 3. The lowest BCUT2D eigenvalue weighted by Gasteiger charge is -2.22. The van der Waals surface area contributed by atoms with Gasteiger partial charge in [0, 0.05) is 32.0 Å². The standard InChI is InChI=1S/C26H19Br2N3O2/c1-15-2-3-18-13-21(25(32)29-22(18)12-15)24-14-23(16-4-8-19(27)9-5-16)30-31(24)26(33)17-6-10-20(28)11-7-17/h2-13,24H,14H2,1H3,(H,29,32)/t24-/m1/s1. The van der Waals surface area contributed by atoms with Gasteiger partial charge in [-0.05, 0) is 72.0 Å². The number of rotatable bonds is 3. The smallest absolute Gasteiger partial charge is 0.274 e. The normalized spacial score (nSPS) is 15.7. The van der Waals surface area contributed by atoms with Gasteiger partial charge >= 0.3 is 0 Å². The van der Waals surface area contributed by atoms with Crippen LogP contribution in [0.15, 0.2) is 91.6 Å². The molecule has 5 rings (SSSR count). The minimum Gasteiger partial charge on any atom is -0.322 e. The summed E-state index contributed by atoms with van der Waals surface area (Å²) in [5, 5.41) is 7.07. The van der Waals surface area contributed by atoms with Gasteiger partial charge < -0.3 is 4.98 Å². The number of aryl methyl sites for hydroxylation is 1. The molecule has 0 unspecified atom stereocenters. The molecule has 0 bridgehead atoms. The maximum Gasteiger partial charge on any atom is 0.274 e. The fourth-order valence-corrected chi connectivity index (χ4v) is 4.59. The molecule has 1 atom stereocenters. The van der Waals surface area contributed by atoms with Crippen molar-refractivity contribution in [3.63, 3.8) is 0 Å². The number of H-pyrrole nitrogens is 1. The van der Waals surface area contributed by atoms with Crippen LogP contribution in [0.2, 0.25) is 0 Å². The monoisotopic (exact) mass is 563 g/mol. The van der Waals surface area contributed by atoms with Crippen LogP contribution < -0.4 is 5.56 Å². The molecule has 164 valence electrons. The zero-order valence-electron chi connectivity index (χ0n) is 17.7. The first-order valence-electron chi connectivity index (χ1n) is 10.5. The molecule has 5 nitrogen and oxygen atoms in total. The highest BCUT2D eigenvalue weighted by atomic mass is 79.9. The van der Waals surface area contributed by atoms with Crippen LogP contribution in [0.1, 0.15) is 39.5 Å². The SMILES string of the molecule is Cc1ccc2cc([C@H]3CC(c4ccc(Br)cc4)=NN3C(=O)c3ccc(Br)cc3)c(=O)[nH]c2c1. The molecule has 0 spiro atoms. The van der Waals surface area contributed by atoms with E-state index in [1.54, 1.807) is 12.1 Å². The van der Waals surface area contributed by atoms with Crippen molar-refractivity contribution in [2.75, 3.05) is 0 Å². The molecule has 1 aliphatic heterocycles. The van der Waals surface area contributed by atoms with Gasteiger partial charge in [0.15, 0.2) is 0 Å². The van der Waals surface area contributed by atoms with E-state index in [0.717, 1.165) is 36.7 Å². The van der Waals surface area contributed by atoms with E-state index in [1.807, 2.05) is 67.6 Å². The molecule has 4 aromatic rings. The number of carbonyl (C=O) groups excluding carboxylic acids is 1. The number of benzene rings is 3. The lowest BCUT2D eigenvalue weighted by atomic mass is 9.97. The first-order valence-corrected chi connectivity index (χ1v) is 12.0. The van der Waals surface area contributed by atoms with Gasteiger partial charge in [0.05, 0.1) is 11.8 Å². The lowest BCUT2D eigenvalue weighted by Crippen LogP contribution is -2.30. The molecule has 33 heavy (non-hydrogen) atoms. The van der Waals surface area contributed by atoms with E-state index in [1.165, 1.54) is 5.01 Å². The summed E-state index contributed by atoms with van der Waals surface area (Å²) in [6.07, 6.45) is 0.449. The summed E-state index contributed by atoms with van der Waals surface area (Å²) >= 11 is 6.87. The van der Waals surface area contributed by atoms with Gasteiger partial charge in [-0.25, -0.2) is 5.01 Å². The van der Waals surface area contributed by atoms with E-state index < -0.39 is 6.04 Å². The maximum atomic E-state index is 13.5. The number of aromatic nitrogens is 1. The summed E-state index contributed by atoms with van der Waals surface area (Å²) in [6.45, 7) is 1.99. The van der Waals surface area contributed by atoms with E-state index in [9.17, 15) is 9.59 Å². The van der Waals surface area contributed by atoms with Crippen molar-refractivity contribution in [3.05, 3.63) is 114 Å². The average molecular weight is 565 g/mol. The van der Waals surface area contributed by atoms with E-state index in [0.29, 0.717) is 17.5 Å². The molecule has 1 amide bonds. The number of hydrazone groups is 1. The van der Waals surface area contributed by atoms with Crippen LogP contribution in [0.5, 0.6) is 0 Å². The number of nitrogens with one attached hydrogen (secondary N) is 1. The third-order valence-corrected chi connectivity index (χ3v) is 6.83. The number of hydrogen-bond donors (Lipinski definition) is 1. The van der Waals surface area contributed by atoms with Crippen molar-refractivity contribution < 1.29 is 4.79 Å². The summed E-state index contributed by atoms with van der Waals surface area (Å²) in [7, 11) is 0. The van der Waals surface area contributed by atoms with Crippen molar-refractivity contribution in [2.45, 2.75) is 19.4 Å². The molecule has 1 aliphatic rings. The molecule has 0 aliphatic carbocycles. The fourth-order valence-electron chi connectivity index (χ4n) is 4.06. The predicted molar refractivity (Wildman–Crippen MR) is 138 cm³/mol. The van der Waals surface area contributed by atoms with Crippen LogP contribution in [0.4, 0.5) is 0 Å². The summed E-state index contributed by atoms with van der Waals surface area (Å²) in [5.41, 5.74) is 4.35. The quantitative estimate of drug-likeness (QED) is 0.315. The van der Waals surface area contributed by atoms with Crippen LogP contribution in [0.3, 0.4) is 0 Å². The first-order chi connectivity index (χ1) is 15.9. The van der Waals surface area contributed by atoms with Gasteiger partial charge in [-0.1, -0.05) is 56.1 Å². The fraction of sp³-hybridized carbons (Fsp3) is 0.115. The Morgan fingerprint density at radius 3 is 2.33 bits per heavy atom. The second-order valence-corrected chi connectivity index (χ2v) is 9.91. The largest absolute Gasteiger partial charge is 0.322 e. The first kappa shape index (κ1) is 21.8. The van der Waals surface area contributed by atoms with Gasteiger partial charge in [-0.15, -0.1) is 0 Å². The number of pyridine rings is 1. The number of nitrogens with zero attached hydrogens (tertiary/aromatic N) is 2. The molecule has 0 saturated heterocycles. The summed E-state index contributed by atoms with van der Waals surface area (Å²) in [4.78, 5) is 29.6. The van der Waals surface area contributed by atoms with Crippen molar-refractivity contribution in [1.82, 2.24) is 9.99 Å². The van der Waals surface area contributed by atoms with Gasteiger partial charge in [0.25, 0.3) is 11.5 Å². The Bertz CT molecular complexity index is 1460. The Morgan fingerprint density at radius 1 is 0.970 bits per heavy atom. The highest BCUT2D eigenvalue weighted by Gasteiger charge is 2.35. The number of carbonyl (C=O) groups is 1. The maximum absolute atomic E-state index is 13.5. The molecule has 0 fully saturated rings.